The van der Waals surface area contributed by atoms with Crippen molar-refractivity contribution in [1.82, 2.24) is 9.97 Å². The maximum atomic E-state index is 10.9. The quantitative estimate of drug-likeness (QED) is 0.922. The normalized spacial score (nSPS) is 10.2. The van der Waals surface area contributed by atoms with Crippen molar-refractivity contribution in [1.29, 1.82) is 0 Å². The number of aryl methyl sites for hydroxylation is 1. The second kappa shape index (κ2) is 5.87. The molecule has 1 aromatic heterocycles. The summed E-state index contributed by atoms with van der Waals surface area (Å²) in [6.07, 6.45) is 1.22. The first kappa shape index (κ1) is 14.3. The van der Waals surface area contributed by atoms with Gasteiger partial charge in [0.15, 0.2) is 0 Å². The van der Waals surface area contributed by atoms with Crippen LogP contribution in [0.3, 0.4) is 0 Å². The Hall–Kier alpha value is -2.15. The topological polar surface area (TPSA) is 81.5 Å². The molecule has 0 atom stereocenters. The van der Waals surface area contributed by atoms with Crippen molar-refractivity contribution in [2.45, 2.75) is 6.92 Å². The number of methoxy groups -OCH3 is 1. The third-order valence-electron chi connectivity index (χ3n) is 2.53. The molecule has 0 fully saturated rings. The van der Waals surface area contributed by atoms with E-state index in [1.807, 2.05) is 0 Å². The number of nitrogens with zero attached hydrogens (tertiary/aromatic N) is 2. The van der Waals surface area contributed by atoms with E-state index >= 15 is 0 Å². The number of carboxylic acids is 1. The summed E-state index contributed by atoms with van der Waals surface area (Å²) in [6.45, 7) is 1.58. The van der Waals surface area contributed by atoms with E-state index in [1.54, 1.807) is 32.2 Å². The molecule has 1 heterocycles. The van der Waals surface area contributed by atoms with Gasteiger partial charge in [-0.25, -0.2) is 9.78 Å². The van der Waals surface area contributed by atoms with Crippen LogP contribution in [0.25, 0.3) is 0 Å². The van der Waals surface area contributed by atoms with E-state index in [1.165, 1.54) is 6.20 Å². The van der Waals surface area contributed by atoms with Gasteiger partial charge in [-0.2, -0.15) is 4.98 Å². The summed E-state index contributed by atoms with van der Waals surface area (Å²) in [6, 6.07) is 5.26. The van der Waals surface area contributed by atoms with E-state index in [0.29, 0.717) is 21.7 Å². The van der Waals surface area contributed by atoms with Gasteiger partial charge in [-0.1, -0.05) is 0 Å². The maximum absolute atomic E-state index is 10.9. The molecule has 0 radical (unpaired) electrons. The molecule has 20 heavy (non-hydrogen) atoms. The van der Waals surface area contributed by atoms with Gasteiger partial charge in [0.25, 0.3) is 0 Å². The van der Waals surface area contributed by atoms with Gasteiger partial charge in [0.05, 0.1) is 22.8 Å². The minimum Gasteiger partial charge on any atom is -0.497 e. The number of carbonyl (C=O) groups is 1. The lowest BCUT2D eigenvalue weighted by molar-refractivity contribution is 0.0695. The third-order valence-corrected chi connectivity index (χ3v) is 3.15. The molecule has 0 amide bonds. The molecule has 0 saturated heterocycles. The monoisotopic (exact) mass is 338 g/mol. The first-order valence-electron chi connectivity index (χ1n) is 5.59. The molecular weight excluding hydrogens is 328 g/mol. The molecule has 7 heteroatoms. The molecule has 0 saturated carbocycles. The zero-order valence-electron chi connectivity index (χ0n) is 10.8. The van der Waals surface area contributed by atoms with Crippen LogP contribution in [-0.4, -0.2) is 28.2 Å². The number of rotatable bonds is 4. The lowest BCUT2D eigenvalue weighted by Crippen LogP contribution is -2.04. The predicted molar refractivity (Wildman–Crippen MR) is 74.5 cm³/mol. The summed E-state index contributed by atoms with van der Waals surface area (Å²) in [5.41, 5.74) is 0.387. The highest BCUT2D eigenvalue weighted by molar-refractivity contribution is 9.10. The molecule has 0 aliphatic carbocycles. The van der Waals surface area contributed by atoms with Gasteiger partial charge in [-0.05, 0) is 41.1 Å². The van der Waals surface area contributed by atoms with Crippen LogP contribution in [-0.2, 0) is 0 Å². The predicted octanol–water partition coefficient (Wildman–Crippen LogP) is 3.05. The van der Waals surface area contributed by atoms with Gasteiger partial charge < -0.3 is 14.6 Å². The molecule has 0 unspecified atom stereocenters. The van der Waals surface area contributed by atoms with Crippen LogP contribution in [0.15, 0.2) is 28.9 Å². The highest BCUT2D eigenvalue weighted by Gasteiger charge is 2.12. The van der Waals surface area contributed by atoms with Gasteiger partial charge in [0.1, 0.15) is 11.5 Å². The second-order valence-corrected chi connectivity index (χ2v) is 4.71. The van der Waals surface area contributed by atoms with Crippen LogP contribution < -0.4 is 9.47 Å². The van der Waals surface area contributed by atoms with E-state index in [0.717, 1.165) is 0 Å². The fraction of sp³-hybridized carbons (Fsp3) is 0.154. The average molecular weight is 339 g/mol. The zero-order valence-corrected chi connectivity index (χ0v) is 12.3. The Balaban J connectivity index is 2.26. The lowest BCUT2D eigenvalue weighted by atomic mass is 10.2. The molecule has 104 valence electrons. The number of hydrogen-bond acceptors (Lipinski definition) is 5. The smallest absolute Gasteiger partial charge is 0.339 e. The SMILES string of the molecule is COc1ccc(Oc2ncc(C(=O)O)c(C)n2)c(Br)c1. The summed E-state index contributed by atoms with van der Waals surface area (Å²) in [5, 5.41) is 8.91. The van der Waals surface area contributed by atoms with Crippen molar-refractivity contribution in [3.05, 3.63) is 40.1 Å². The van der Waals surface area contributed by atoms with E-state index in [9.17, 15) is 4.79 Å². The Morgan fingerprint density at radius 1 is 1.40 bits per heavy atom. The van der Waals surface area contributed by atoms with Crippen molar-refractivity contribution in [2.75, 3.05) is 7.11 Å². The van der Waals surface area contributed by atoms with E-state index < -0.39 is 5.97 Å². The maximum Gasteiger partial charge on any atom is 0.339 e. The molecule has 0 aliphatic heterocycles. The van der Waals surface area contributed by atoms with Crippen molar-refractivity contribution in [2.24, 2.45) is 0 Å². The Kier molecular flexibility index (Phi) is 4.19. The summed E-state index contributed by atoms with van der Waals surface area (Å²) in [7, 11) is 1.57. The number of hydrogen-bond donors (Lipinski definition) is 1. The lowest BCUT2D eigenvalue weighted by Gasteiger charge is -2.08. The minimum absolute atomic E-state index is 0.0474. The highest BCUT2D eigenvalue weighted by atomic mass is 79.9. The number of aromatic nitrogens is 2. The number of benzene rings is 1. The van der Waals surface area contributed by atoms with E-state index in [2.05, 4.69) is 25.9 Å². The third kappa shape index (κ3) is 3.05. The Labute approximate surface area is 123 Å². The largest absolute Gasteiger partial charge is 0.497 e. The van der Waals surface area contributed by atoms with Gasteiger partial charge in [-0.3, -0.25) is 0 Å². The van der Waals surface area contributed by atoms with Crippen LogP contribution in [0.4, 0.5) is 0 Å². The summed E-state index contributed by atoms with van der Waals surface area (Å²) >= 11 is 3.35. The Morgan fingerprint density at radius 3 is 2.70 bits per heavy atom. The molecular formula is C13H11BrN2O4. The van der Waals surface area contributed by atoms with E-state index in [4.69, 9.17) is 14.6 Å². The average Bonchev–Trinajstić information content (AvgIpc) is 2.40. The Morgan fingerprint density at radius 2 is 2.15 bits per heavy atom. The molecule has 1 aromatic carbocycles. The molecule has 0 aliphatic rings. The summed E-state index contributed by atoms with van der Waals surface area (Å²) < 4.78 is 11.3. The van der Waals surface area contributed by atoms with E-state index in [-0.39, 0.29) is 11.6 Å². The van der Waals surface area contributed by atoms with Gasteiger partial charge in [0, 0.05) is 6.20 Å². The molecule has 2 rings (SSSR count). The van der Waals surface area contributed by atoms with Crippen molar-refractivity contribution in [3.63, 3.8) is 0 Å². The Bertz CT molecular complexity index is 661. The van der Waals surface area contributed by atoms with Gasteiger partial charge >= 0.3 is 12.0 Å². The van der Waals surface area contributed by atoms with Crippen LogP contribution in [0.5, 0.6) is 17.5 Å². The van der Waals surface area contributed by atoms with Gasteiger partial charge in [-0.15, -0.1) is 0 Å². The zero-order chi connectivity index (χ0) is 14.7. The van der Waals surface area contributed by atoms with Crippen LogP contribution in [0, 0.1) is 6.92 Å². The van der Waals surface area contributed by atoms with Crippen LogP contribution in [0.1, 0.15) is 16.1 Å². The van der Waals surface area contributed by atoms with Crippen LogP contribution >= 0.6 is 15.9 Å². The molecule has 2 aromatic rings. The molecule has 1 N–H and O–H groups in total. The van der Waals surface area contributed by atoms with Crippen molar-refractivity contribution >= 4 is 21.9 Å². The second-order valence-electron chi connectivity index (χ2n) is 3.86. The fourth-order valence-electron chi connectivity index (χ4n) is 1.49. The fourth-order valence-corrected chi connectivity index (χ4v) is 1.93. The first-order chi connectivity index (χ1) is 9.51. The molecule has 0 bridgehead atoms. The van der Waals surface area contributed by atoms with Crippen LogP contribution in [0.2, 0.25) is 0 Å². The number of halogens is 1. The number of ether oxygens (including phenoxy) is 2. The highest BCUT2D eigenvalue weighted by Crippen LogP contribution is 2.31. The molecule has 0 spiro atoms. The standard InChI is InChI=1S/C13H11BrN2O4/c1-7-9(12(17)18)6-15-13(16-7)20-11-4-3-8(19-2)5-10(11)14/h3-6H,1-2H3,(H,17,18). The summed E-state index contributed by atoms with van der Waals surface area (Å²) in [4.78, 5) is 18.8. The summed E-state index contributed by atoms with van der Waals surface area (Å²) in [5.74, 6) is 0.121. The molecule has 6 nitrogen and oxygen atoms in total. The number of aromatic carboxylic acids is 1. The first-order valence-corrected chi connectivity index (χ1v) is 6.39. The van der Waals surface area contributed by atoms with Gasteiger partial charge in [0.2, 0.25) is 0 Å². The minimum atomic E-state index is -1.07. The van der Waals surface area contributed by atoms with Crippen molar-refractivity contribution in [3.8, 4) is 17.5 Å². The number of carboxylic acid groups (broad SMARTS) is 1. The van der Waals surface area contributed by atoms with Crippen molar-refractivity contribution < 1.29 is 19.4 Å².